The standard InChI is InChI=1S/C16H17NO3S/c1-17(12-14-8-4-2-5-9-14)16(18)13-21(19,20)15-10-6-3-7-11-15/h2-11H,12-13H2,1H3. The van der Waals surface area contributed by atoms with E-state index in [-0.39, 0.29) is 4.90 Å². The van der Waals surface area contributed by atoms with Crippen LogP contribution < -0.4 is 0 Å². The Hall–Kier alpha value is -2.14. The molecular weight excluding hydrogens is 286 g/mol. The van der Waals surface area contributed by atoms with Gasteiger partial charge in [0.15, 0.2) is 9.84 Å². The van der Waals surface area contributed by atoms with Crippen LogP contribution in [-0.2, 0) is 21.2 Å². The average molecular weight is 303 g/mol. The van der Waals surface area contributed by atoms with E-state index >= 15 is 0 Å². The van der Waals surface area contributed by atoms with Crippen molar-refractivity contribution in [2.75, 3.05) is 12.8 Å². The highest BCUT2D eigenvalue weighted by atomic mass is 32.2. The lowest BCUT2D eigenvalue weighted by atomic mass is 10.2. The zero-order valence-electron chi connectivity index (χ0n) is 11.8. The van der Waals surface area contributed by atoms with Crippen LogP contribution in [0.3, 0.4) is 0 Å². The molecule has 0 N–H and O–H groups in total. The molecule has 1 amide bonds. The van der Waals surface area contributed by atoms with Crippen molar-refractivity contribution < 1.29 is 13.2 Å². The van der Waals surface area contributed by atoms with Crippen LogP contribution in [0.1, 0.15) is 5.56 Å². The third-order valence-electron chi connectivity index (χ3n) is 3.10. The fourth-order valence-electron chi connectivity index (χ4n) is 1.93. The highest BCUT2D eigenvalue weighted by molar-refractivity contribution is 7.92. The zero-order valence-corrected chi connectivity index (χ0v) is 12.6. The molecule has 0 aliphatic rings. The van der Waals surface area contributed by atoms with Gasteiger partial charge >= 0.3 is 0 Å². The molecule has 2 aromatic rings. The van der Waals surface area contributed by atoms with Crippen molar-refractivity contribution >= 4 is 15.7 Å². The lowest BCUT2D eigenvalue weighted by molar-refractivity contribution is -0.127. The molecule has 0 heterocycles. The van der Waals surface area contributed by atoms with Crippen molar-refractivity contribution in [3.05, 3.63) is 66.2 Å². The molecule has 0 saturated carbocycles. The van der Waals surface area contributed by atoms with Gasteiger partial charge < -0.3 is 4.90 Å². The maximum absolute atomic E-state index is 12.2. The van der Waals surface area contributed by atoms with Crippen LogP contribution in [0.25, 0.3) is 0 Å². The third-order valence-corrected chi connectivity index (χ3v) is 4.72. The summed E-state index contributed by atoms with van der Waals surface area (Å²) in [5, 5.41) is 0. The molecule has 0 saturated heterocycles. The molecule has 21 heavy (non-hydrogen) atoms. The minimum Gasteiger partial charge on any atom is -0.341 e. The van der Waals surface area contributed by atoms with Crippen molar-refractivity contribution in [2.24, 2.45) is 0 Å². The van der Waals surface area contributed by atoms with Crippen molar-refractivity contribution in [1.82, 2.24) is 4.90 Å². The van der Waals surface area contributed by atoms with Crippen LogP contribution in [0.15, 0.2) is 65.6 Å². The number of carbonyl (C=O) groups excluding carboxylic acids is 1. The van der Waals surface area contributed by atoms with Crippen LogP contribution in [0, 0.1) is 0 Å². The second-order valence-electron chi connectivity index (χ2n) is 4.81. The molecule has 5 heteroatoms. The summed E-state index contributed by atoms with van der Waals surface area (Å²) in [6, 6.07) is 17.5. The number of benzene rings is 2. The summed E-state index contributed by atoms with van der Waals surface area (Å²) >= 11 is 0. The highest BCUT2D eigenvalue weighted by Gasteiger charge is 2.21. The number of rotatable bonds is 5. The van der Waals surface area contributed by atoms with E-state index in [0.29, 0.717) is 6.54 Å². The molecule has 4 nitrogen and oxygen atoms in total. The normalized spacial score (nSPS) is 11.1. The fourth-order valence-corrected chi connectivity index (χ4v) is 3.21. The van der Waals surface area contributed by atoms with Crippen molar-refractivity contribution in [3.63, 3.8) is 0 Å². The first-order valence-corrected chi connectivity index (χ1v) is 8.20. The fraction of sp³-hybridized carbons (Fsp3) is 0.188. The Morgan fingerprint density at radius 3 is 2.05 bits per heavy atom. The van der Waals surface area contributed by atoms with Gasteiger partial charge in [-0.15, -0.1) is 0 Å². The van der Waals surface area contributed by atoms with Gasteiger partial charge in [0, 0.05) is 13.6 Å². The quantitative estimate of drug-likeness (QED) is 0.850. The highest BCUT2D eigenvalue weighted by Crippen LogP contribution is 2.11. The molecule has 2 aromatic carbocycles. The van der Waals surface area contributed by atoms with Gasteiger partial charge in [-0.25, -0.2) is 8.42 Å². The SMILES string of the molecule is CN(Cc1ccccc1)C(=O)CS(=O)(=O)c1ccccc1. The summed E-state index contributed by atoms with van der Waals surface area (Å²) in [6.07, 6.45) is 0. The van der Waals surface area contributed by atoms with E-state index in [1.165, 1.54) is 17.0 Å². The summed E-state index contributed by atoms with van der Waals surface area (Å²) in [7, 11) is -1.98. The molecule has 0 fully saturated rings. The number of sulfone groups is 1. The molecule has 0 unspecified atom stereocenters. The summed E-state index contributed by atoms with van der Waals surface area (Å²) in [5.74, 6) is -0.928. The van der Waals surface area contributed by atoms with Crippen molar-refractivity contribution in [3.8, 4) is 0 Å². The largest absolute Gasteiger partial charge is 0.341 e. The smallest absolute Gasteiger partial charge is 0.238 e. The van der Waals surface area contributed by atoms with Gasteiger partial charge in [0.05, 0.1) is 4.90 Å². The minimum absolute atomic E-state index is 0.173. The molecule has 0 aromatic heterocycles. The Kier molecular flexibility index (Phi) is 4.75. The summed E-state index contributed by atoms with van der Waals surface area (Å²) < 4.78 is 24.3. The van der Waals surface area contributed by atoms with Crippen LogP contribution in [0.4, 0.5) is 0 Å². The van der Waals surface area contributed by atoms with E-state index in [1.54, 1.807) is 25.2 Å². The van der Waals surface area contributed by atoms with Crippen molar-refractivity contribution in [2.45, 2.75) is 11.4 Å². The lowest BCUT2D eigenvalue weighted by Crippen LogP contribution is -2.32. The number of carbonyl (C=O) groups is 1. The van der Waals surface area contributed by atoms with E-state index in [2.05, 4.69) is 0 Å². The van der Waals surface area contributed by atoms with Crippen LogP contribution >= 0.6 is 0 Å². The van der Waals surface area contributed by atoms with Gasteiger partial charge in [0.2, 0.25) is 5.91 Å². The van der Waals surface area contributed by atoms with Crippen LogP contribution in [0.2, 0.25) is 0 Å². The Balaban J connectivity index is 2.04. The van der Waals surface area contributed by atoms with Gasteiger partial charge in [-0.1, -0.05) is 48.5 Å². The Labute approximate surface area is 124 Å². The molecule has 0 radical (unpaired) electrons. The first kappa shape index (κ1) is 15.3. The van der Waals surface area contributed by atoms with Gasteiger partial charge in [-0.2, -0.15) is 0 Å². The zero-order chi connectivity index (χ0) is 15.3. The number of amides is 1. The molecule has 0 bridgehead atoms. The monoisotopic (exact) mass is 303 g/mol. The second kappa shape index (κ2) is 6.54. The van der Waals surface area contributed by atoms with Gasteiger partial charge in [-0.05, 0) is 17.7 Å². The molecule has 0 aliphatic heterocycles. The predicted octanol–water partition coefficient (Wildman–Crippen LogP) is 2.12. The third kappa shape index (κ3) is 4.16. The van der Waals surface area contributed by atoms with Crippen molar-refractivity contribution in [1.29, 1.82) is 0 Å². The van der Waals surface area contributed by atoms with E-state index in [0.717, 1.165) is 5.56 Å². The van der Waals surface area contributed by atoms with Crippen LogP contribution in [0.5, 0.6) is 0 Å². The van der Waals surface area contributed by atoms with E-state index in [1.807, 2.05) is 30.3 Å². The Morgan fingerprint density at radius 1 is 0.952 bits per heavy atom. The van der Waals surface area contributed by atoms with Gasteiger partial charge in [-0.3, -0.25) is 4.79 Å². The number of hydrogen-bond acceptors (Lipinski definition) is 3. The maximum atomic E-state index is 12.2. The van der Waals surface area contributed by atoms with Gasteiger partial charge in [0.25, 0.3) is 0 Å². The summed E-state index contributed by atoms with van der Waals surface area (Å²) in [5.41, 5.74) is 0.963. The summed E-state index contributed by atoms with van der Waals surface area (Å²) in [4.78, 5) is 13.7. The molecule has 0 spiro atoms. The Morgan fingerprint density at radius 2 is 1.48 bits per heavy atom. The van der Waals surface area contributed by atoms with Crippen LogP contribution in [-0.4, -0.2) is 32.0 Å². The summed E-state index contributed by atoms with van der Waals surface area (Å²) in [6.45, 7) is 0.393. The first-order valence-electron chi connectivity index (χ1n) is 6.55. The topological polar surface area (TPSA) is 54.5 Å². The molecule has 2 rings (SSSR count). The van der Waals surface area contributed by atoms with E-state index in [4.69, 9.17) is 0 Å². The van der Waals surface area contributed by atoms with Gasteiger partial charge in [0.1, 0.15) is 5.75 Å². The Bertz CT molecular complexity index is 697. The average Bonchev–Trinajstić information content (AvgIpc) is 2.48. The molecule has 0 atom stereocenters. The molecule has 110 valence electrons. The number of hydrogen-bond donors (Lipinski definition) is 0. The number of nitrogens with zero attached hydrogens (tertiary/aromatic N) is 1. The van der Waals surface area contributed by atoms with E-state index < -0.39 is 21.5 Å². The second-order valence-corrected chi connectivity index (χ2v) is 6.80. The molecule has 0 aliphatic carbocycles. The minimum atomic E-state index is -3.59. The molecular formula is C16H17NO3S. The maximum Gasteiger partial charge on any atom is 0.238 e. The first-order chi connectivity index (χ1) is 9.99. The van der Waals surface area contributed by atoms with E-state index in [9.17, 15) is 13.2 Å². The lowest BCUT2D eigenvalue weighted by Gasteiger charge is -2.17. The predicted molar refractivity (Wildman–Crippen MR) is 81.4 cm³/mol.